The summed E-state index contributed by atoms with van der Waals surface area (Å²) in [5.74, 6) is 0.383. The van der Waals surface area contributed by atoms with Crippen LogP contribution in [-0.4, -0.2) is 55.6 Å². The molecule has 1 aliphatic heterocycles. The van der Waals surface area contributed by atoms with Gasteiger partial charge in [0.1, 0.15) is 11.4 Å². The summed E-state index contributed by atoms with van der Waals surface area (Å²) in [6.07, 6.45) is 1.78. The van der Waals surface area contributed by atoms with Crippen LogP contribution in [-0.2, 0) is 0 Å². The molecule has 132 valence electrons. The van der Waals surface area contributed by atoms with Crippen molar-refractivity contribution in [2.24, 2.45) is 0 Å². The van der Waals surface area contributed by atoms with Crippen molar-refractivity contribution in [1.82, 2.24) is 9.88 Å². The number of carbonyl (C=O) groups is 1. The Morgan fingerprint density at radius 3 is 2.56 bits per heavy atom. The van der Waals surface area contributed by atoms with E-state index in [9.17, 15) is 4.79 Å². The van der Waals surface area contributed by atoms with Gasteiger partial charge in [0.2, 0.25) is 0 Å². The van der Waals surface area contributed by atoms with Crippen molar-refractivity contribution in [3.05, 3.63) is 48.3 Å². The lowest BCUT2D eigenvalue weighted by Gasteiger charge is -2.35. The van der Waals surface area contributed by atoms with Gasteiger partial charge in [-0.15, -0.1) is 0 Å². The number of nitrogens with zero attached hydrogens (tertiary/aromatic N) is 3. The summed E-state index contributed by atoms with van der Waals surface area (Å²) in [6.45, 7) is 7.38. The fourth-order valence-corrected chi connectivity index (χ4v) is 2.96. The number of methoxy groups -OCH3 is 1. The van der Waals surface area contributed by atoms with Crippen molar-refractivity contribution in [2.45, 2.75) is 6.92 Å². The molecular formula is C19H24N4O2. The number of likely N-dealkylation sites (N-methyl/N-ethyl adjacent to an activating group) is 1. The molecule has 1 aromatic heterocycles. The first-order valence-corrected chi connectivity index (χ1v) is 8.59. The average molecular weight is 340 g/mol. The van der Waals surface area contributed by atoms with Crippen molar-refractivity contribution >= 4 is 17.3 Å². The fourth-order valence-electron chi connectivity index (χ4n) is 2.96. The van der Waals surface area contributed by atoms with E-state index in [1.165, 1.54) is 0 Å². The Hall–Kier alpha value is -2.60. The molecule has 1 saturated heterocycles. The van der Waals surface area contributed by atoms with Crippen molar-refractivity contribution < 1.29 is 9.53 Å². The average Bonchev–Trinajstić information content (AvgIpc) is 2.68. The third-order valence-electron chi connectivity index (χ3n) is 4.52. The minimum Gasteiger partial charge on any atom is -0.495 e. The minimum atomic E-state index is -0.244. The lowest BCUT2D eigenvalue weighted by Crippen LogP contribution is -2.46. The second-order valence-corrected chi connectivity index (χ2v) is 5.98. The van der Waals surface area contributed by atoms with Crippen LogP contribution in [0, 0.1) is 0 Å². The summed E-state index contributed by atoms with van der Waals surface area (Å²) in [5.41, 5.74) is 2.09. The standard InChI is InChI=1S/C19H24N4O2/c1-3-22-10-12-23(13-11-22)15-8-9-17(20-14-15)19(24)21-16-6-4-5-7-18(16)25-2/h4-9,14H,3,10-13H2,1-2H3,(H,21,24). The van der Waals surface area contributed by atoms with Crippen LogP contribution in [0.4, 0.5) is 11.4 Å². The molecule has 0 radical (unpaired) electrons. The number of benzene rings is 1. The number of carbonyl (C=O) groups excluding carboxylic acids is 1. The summed E-state index contributed by atoms with van der Waals surface area (Å²) in [4.78, 5) is 21.5. The van der Waals surface area contributed by atoms with Gasteiger partial charge in [0, 0.05) is 26.2 Å². The molecule has 25 heavy (non-hydrogen) atoms. The van der Waals surface area contributed by atoms with Gasteiger partial charge in [0.15, 0.2) is 0 Å². The highest BCUT2D eigenvalue weighted by molar-refractivity contribution is 6.03. The number of amides is 1. The van der Waals surface area contributed by atoms with E-state index in [1.54, 1.807) is 25.4 Å². The molecule has 1 fully saturated rings. The zero-order valence-corrected chi connectivity index (χ0v) is 14.7. The van der Waals surface area contributed by atoms with Crippen molar-refractivity contribution in [1.29, 1.82) is 0 Å². The van der Waals surface area contributed by atoms with Gasteiger partial charge < -0.3 is 19.9 Å². The minimum absolute atomic E-state index is 0.244. The summed E-state index contributed by atoms with van der Waals surface area (Å²) in [6, 6.07) is 11.1. The van der Waals surface area contributed by atoms with E-state index in [2.05, 4.69) is 27.0 Å². The van der Waals surface area contributed by atoms with Crippen molar-refractivity contribution in [3.63, 3.8) is 0 Å². The van der Waals surface area contributed by atoms with Crippen LogP contribution in [0.3, 0.4) is 0 Å². The maximum Gasteiger partial charge on any atom is 0.274 e. The highest BCUT2D eigenvalue weighted by Crippen LogP contribution is 2.23. The van der Waals surface area contributed by atoms with Crippen molar-refractivity contribution in [3.8, 4) is 5.75 Å². The molecule has 0 saturated carbocycles. The van der Waals surface area contributed by atoms with Gasteiger partial charge in [-0.05, 0) is 30.8 Å². The quantitative estimate of drug-likeness (QED) is 0.906. The molecule has 0 bridgehead atoms. The van der Waals surface area contributed by atoms with Gasteiger partial charge in [-0.3, -0.25) is 4.79 Å². The Bertz CT molecular complexity index is 710. The lowest BCUT2D eigenvalue weighted by atomic mass is 10.2. The summed E-state index contributed by atoms with van der Waals surface area (Å²) in [7, 11) is 1.58. The predicted octanol–water partition coefficient (Wildman–Crippen LogP) is 2.48. The second-order valence-electron chi connectivity index (χ2n) is 5.98. The Morgan fingerprint density at radius 2 is 1.92 bits per heavy atom. The fraction of sp³-hybridized carbons (Fsp3) is 0.368. The molecule has 1 aromatic carbocycles. The maximum atomic E-state index is 12.4. The molecule has 0 spiro atoms. The van der Waals surface area contributed by atoms with Gasteiger partial charge in [-0.2, -0.15) is 0 Å². The Kier molecular flexibility index (Phi) is 5.50. The van der Waals surface area contributed by atoms with Crippen LogP contribution in [0.5, 0.6) is 5.75 Å². The number of aromatic nitrogens is 1. The number of piperazine rings is 1. The topological polar surface area (TPSA) is 57.7 Å². The zero-order valence-electron chi connectivity index (χ0n) is 14.7. The molecule has 6 nitrogen and oxygen atoms in total. The normalized spacial score (nSPS) is 15.0. The molecule has 1 aliphatic rings. The number of pyridine rings is 1. The highest BCUT2D eigenvalue weighted by Gasteiger charge is 2.17. The van der Waals surface area contributed by atoms with Gasteiger partial charge in [-0.1, -0.05) is 19.1 Å². The third kappa shape index (κ3) is 4.09. The second kappa shape index (κ2) is 7.98. The first-order chi connectivity index (χ1) is 12.2. The SMILES string of the molecule is CCN1CCN(c2ccc(C(=O)Nc3ccccc3OC)nc2)CC1. The third-order valence-corrected chi connectivity index (χ3v) is 4.52. The number of hydrogen-bond acceptors (Lipinski definition) is 5. The first-order valence-electron chi connectivity index (χ1n) is 8.59. The molecule has 2 heterocycles. The van der Waals surface area contributed by atoms with E-state index >= 15 is 0 Å². The Labute approximate surface area is 148 Å². The van der Waals surface area contributed by atoms with Gasteiger partial charge in [0.25, 0.3) is 5.91 Å². The molecule has 0 unspecified atom stereocenters. The molecule has 6 heteroatoms. The number of anilines is 2. The number of rotatable bonds is 5. The summed E-state index contributed by atoms with van der Waals surface area (Å²) < 4.78 is 5.25. The van der Waals surface area contributed by atoms with E-state index in [0.29, 0.717) is 17.1 Å². The van der Waals surface area contributed by atoms with E-state index in [4.69, 9.17) is 4.74 Å². The molecule has 0 aliphatic carbocycles. The van der Waals surface area contributed by atoms with Crippen LogP contribution < -0.4 is 15.0 Å². The van der Waals surface area contributed by atoms with E-state index in [0.717, 1.165) is 38.4 Å². The van der Waals surface area contributed by atoms with Crippen molar-refractivity contribution in [2.75, 3.05) is 50.1 Å². The van der Waals surface area contributed by atoms with Crippen LogP contribution in [0.1, 0.15) is 17.4 Å². The molecule has 0 atom stereocenters. The lowest BCUT2D eigenvalue weighted by molar-refractivity contribution is 0.102. The number of nitrogens with one attached hydrogen (secondary N) is 1. The van der Waals surface area contributed by atoms with Crippen LogP contribution in [0.15, 0.2) is 42.6 Å². The van der Waals surface area contributed by atoms with E-state index in [-0.39, 0.29) is 5.91 Å². The summed E-state index contributed by atoms with van der Waals surface area (Å²) in [5, 5.41) is 2.84. The molecular weight excluding hydrogens is 316 g/mol. The molecule has 1 amide bonds. The van der Waals surface area contributed by atoms with E-state index in [1.807, 2.05) is 24.3 Å². The monoisotopic (exact) mass is 340 g/mol. The Balaban J connectivity index is 1.65. The highest BCUT2D eigenvalue weighted by atomic mass is 16.5. The maximum absolute atomic E-state index is 12.4. The predicted molar refractivity (Wildman–Crippen MR) is 99.5 cm³/mol. The van der Waals surface area contributed by atoms with Crippen LogP contribution in [0.25, 0.3) is 0 Å². The van der Waals surface area contributed by atoms with Gasteiger partial charge in [0.05, 0.1) is 24.7 Å². The molecule has 2 aromatic rings. The van der Waals surface area contributed by atoms with Gasteiger partial charge >= 0.3 is 0 Å². The molecule has 3 rings (SSSR count). The first kappa shape index (κ1) is 17.2. The number of para-hydroxylation sites is 2. The van der Waals surface area contributed by atoms with Crippen LogP contribution in [0.2, 0.25) is 0 Å². The van der Waals surface area contributed by atoms with Gasteiger partial charge in [-0.25, -0.2) is 4.98 Å². The van der Waals surface area contributed by atoms with Crippen LogP contribution >= 0.6 is 0 Å². The summed E-state index contributed by atoms with van der Waals surface area (Å²) >= 11 is 0. The zero-order chi connectivity index (χ0) is 17.6. The number of hydrogen-bond donors (Lipinski definition) is 1. The molecule has 1 N–H and O–H groups in total. The largest absolute Gasteiger partial charge is 0.495 e. The van der Waals surface area contributed by atoms with E-state index < -0.39 is 0 Å². The Morgan fingerprint density at radius 1 is 1.16 bits per heavy atom. The number of ether oxygens (including phenoxy) is 1. The smallest absolute Gasteiger partial charge is 0.274 e.